The summed E-state index contributed by atoms with van der Waals surface area (Å²) in [5.41, 5.74) is 0.899. The molecule has 1 aromatic rings. The van der Waals surface area contributed by atoms with Crippen LogP contribution in [0.25, 0.3) is 6.08 Å². The van der Waals surface area contributed by atoms with Crippen LogP contribution in [0.2, 0.25) is 0 Å². The quantitative estimate of drug-likeness (QED) is 0.176. The van der Waals surface area contributed by atoms with Crippen LogP contribution in [0.3, 0.4) is 0 Å². The largest absolute Gasteiger partial charge is 0.444 e. The summed E-state index contributed by atoms with van der Waals surface area (Å²) >= 11 is 0. The molecule has 1 aromatic carbocycles. The number of unbranched alkanes of at least 4 members (excludes halogenated alkanes) is 5. The number of ether oxygens (including phenoxy) is 1. The third kappa shape index (κ3) is 13.1. The van der Waals surface area contributed by atoms with E-state index in [1.165, 1.54) is 6.42 Å². The fourth-order valence-electron chi connectivity index (χ4n) is 4.88. The van der Waals surface area contributed by atoms with Crippen molar-refractivity contribution in [1.82, 2.24) is 15.5 Å². The summed E-state index contributed by atoms with van der Waals surface area (Å²) in [6.45, 7) is 19.9. The Balaban J connectivity index is 3.55. The van der Waals surface area contributed by atoms with E-state index < -0.39 is 23.8 Å². The van der Waals surface area contributed by atoms with Gasteiger partial charge in [0.25, 0.3) is 0 Å². The average molecular weight is 572 g/mol. The molecule has 2 N–H and O–H groups in total. The van der Waals surface area contributed by atoms with E-state index in [4.69, 9.17) is 4.74 Å². The minimum absolute atomic E-state index is 0.0335. The number of nitrogens with one attached hydrogen (secondary N) is 2. The Morgan fingerprint density at radius 3 is 2.22 bits per heavy atom. The lowest BCUT2D eigenvalue weighted by molar-refractivity contribution is -0.143. The highest BCUT2D eigenvalue weighted by molar-refractivity contribution is 5.92. The topological polar surface area (TPSA) is 87.7 Å². The summed E-state index contributed by atoms with van der Waals surface area (Å²) < 4.78 is 5.52. The van der Waals surface area contributed by atoms with Crippen LogP contribution in [0, 0.1) is 5.92 Å². The molecule has 0 aromatic heterocycles. The predicted octanol–water partition coefficient (Wildman–Crippen LogP) is 7.80. The first-order valence-corrected chi connectivity index (χ1v) is 15.7. The van der Waals surface area contributed by atoms with Gasteiger partial charge in [-0.15, -0.1) is 0 Å². The van der Waals surface area contributed by atoms with Crippen molar-refractivity contribution in [2.75, 3.05) is 6.54 Å². The zero-order valence-electron chi connectivity index (χ0n) is 27.1. The first kappa shape index (κ1) is 36.2. The fourth-order valence-corrected chi connectivity index (χ4v) is 4.88. The SMILES string of the molecule is C=Cc1cccc(C(C(=O)NC(C)CCC)N(CCCCCCCC)C(=O)C(NC(=O)OC(C)(C)C)C(C)CC)c1. The van der Waals surface area contributed by atoms with Crippen molar-refractivity contribution in [3.63, 3.8) is 0 Å². The lowest BCUT2D eigenvalue weighted by Gasteiger charge is -2.36. The summed E-state index contributed by atoms with van der Waals surface area (Å²) in [6.07, 6.45) is 9.87. The maximum Gasteiger partial charge on any atom is 0.408 e. The number of hydrogen-bond donors (Lipinski definition) is 2. The van der Waals surface area contributed by atoms with E-state index in [9.17, 15) is 14.4 Å². The van der Waals surface area contributed by atoms with Gasteiger partial charge in [0.2, 0.25) is 11.8 Å². The van der Waals surface area contributed by atoms with Crippen LogP contribution >= 0.6 is 0 Å². The fraction of sp³-hybridized carbons (Fsp3) is 0.676. The van der Waals surface area contributed by atoms with Gasteiger partial charge in [0.1, 0.15) is 17.7 Å². The number of nitrogens with zero attached hydrogens (tertiary/aromatic N) is 1. The third-order valence-corrected chi connectivity index (χ3v) is 7.32. The highest BCUT2D eigenvalue weighted by Crippen LogP contribution is 2.27. The van der Waals surface area contributed by atoms with Crippen molar-refractivity contribution in [3.05, 3.63) is 42.0 Å². The van der Waals surface area contributed by atoms with Crippen molar-refractivity contribution >= 4 is 24.0 Å². The molecule has 0 saturated carbocycles. The van der Waals surface area contributed by atoms with Gasteiger partial charge in [0.05, 0.1) is 0 Å². The molecule has 4 atom stereocenters. The maximum absolute atomic E-state index is 14.5. The molecule has 232 valence electrons. The number of benzene rings is 1. The van der Waals surface area contributed by atoms with Crippen LogP contribution in [-0.2, 0) is 14.3 Å². The standard InChI is InChI=1S/C34H57N3O4/c1-10-14-15-16-17-18-23-37(32(39)29(25(5)12-3)36-33(40)41-34(7,8)9)30(31(38)35-26(6)20-11-2)28-22-19-21-27(13-4)24-28/h13,19,21-22,24-26,29-30H,4,10-12,14-18,20,23H2,1-3,5-9H3,(H,35,38)(H,36,40). The highest BCUT2D eigenvalue weighted by Gasteiger charge is 2.38. The molecule has 7 nitrogen and oxygen atoms in total. The van der Waals surface area contributed by atoms with E-state index in [1.807, 2.05) is 45.0 Å². The highest BCUT2D eigenvalue weighted by atomic mass is 16.6. The molecule has 0 radical (unpaired) electrons. The molecule has 1 rings (SSSR count). The van der Waals surface area contributed by atoms with E-state index in [0.29, 0.717) is 13.0 Å². The lowest BCUT2D eigenvalue weighted by Crippen LogP contribution is -2.55. The molecule has 0 heterocycles. The number of carbonyl (C=O) groups excluding carboxylic acids is 3. The average Bonchev–Trinajstić information content (AvgIpc) is 2.91. The Labute approximate surface area is 249 Å². The monoisotopic (exact) mass is 571 g/mol. The van der Waals surface area contributed by atoms with Crippen LogP contribution in [0.1, 0.15) is 130 Å². The summed E-state index contributed by atoms with van der Waals surface area (Å²) in [5, 5.41) is 6.01. The molecule has 41 heavy (non-hydrogen) atoms. The number of carbonyl (C=O) groups is 3. The molecule has 0 aliphatic heterocycles. The number of rotatable bonds is 18. The van der Waals surface area contributed by atoms with Crippen molar-refractivity contribution in [2.45, 2.75) is 137 Å². The second-order valence-corrected chi connectivity index (χ2v) is 12.3. The maximum atomic E-state index is 14.5. The lowest BCUT2D eigenvalue weighted by atomic mass is 9.94. The van der Waals surface area contributed by atoms with Gasteiger partial charge in [-0.25, -0.2) is 4.79 Å². The van der Waals surface area contributed by atoms with Gasteiger partial charge in [0.15, 0.2) is 0 Å². The van der Waals surface area contributed by atoms with E-state index in [0.717, 1.165) is 56.1 Å². The minimum Gasteiger partial charge on any atom is -0.444 e. The van der Waals surface area contributed by atoms with Gasteiger partial charge < -0.3 is 20.3 Å². The second-order valence-electron chi connectivity index (χ2n) is 12.3. The molecule has 0 saturated heterocycles. The van der Waals surface area contributed by atoms with E-state index in [-0.39, 0.29) is 23.8 Å². The molecule has 0 bridgehead atoms. The van der Waals surface area contributed by atoms with Crippen molar-refractivity contribution < 1.29 is 19.1 Å². The molecule has 0 aliphatic rings. The molecular formula is C34H57N3O4. The number of alkyl carbamates (subject to hydrolysis) is 1. The molecule has 7 heteroatoms. The Bertz CT molecular complexity index is 956. The van der Waals surface area contributed by atoms with E-state index in [2.05, 4.69) is 31.1 Å². The van der Waals surface area contributed by atoms with Crippen molar-refractivity contribution in [2.24, 2.45) is 5.92 Å². The van der Waals surface area contributed by atoms with Crippen LogP contribution in [0.15, 0.2) is 30.8 Å². The van der Waals surface area contributed by atoms with Gasteiger partial charge in [0, 0.05) is 12.6 Å². The van der Waals surface area contributed by atoms with Gasteiger partial charge >= 0.3 is 6.09 Å². The summed E-state index contributed by atoms with van der Waals surface area (Å²) in [4.78, 5) is 43.0. The third-order valence-electron chi connectivity index (χ3n) is 7.32. The van der Waals surface area contributed by atoms with Crippen LogP contribution in [-0.4, -0.2) is 47.0 Å². The Hall–Kier alpha value is -2.83. The molecule has 0 fully saturated rings. The van der Waals surface area contributed by atoms with E-state index >= 15 is 0 Å². The zero-order valence-corrected chi connectivity index (χ0v) is 27.1. The predicted molar refractivity (Wildman–Crippen MR) is 169 cm³/mol. The molecular weight excluding hydrogens is 514 g/mol. The molecule has 0 spiro atoms. The zero-order chi connectivity index (χ0) is 31.0. The second kappa shape index (κ2) is 18.6. The first-order chi connectivity index (χ1) is 19.4. The van der Waals surface area contributed by atoms with Crippen molar-refractivity contribution in [1.29, 1.82) is 0 Å². The van der Waals surface area contributed by atoms with Crippen LogP contribution in [0.4, 0.5) is 4.79 Å². The number of hydrogen-bond acceptors (Lipinski definition) is 4. The summed E-state index contributed by atoms with van der Waals surface area (Å²) in [5.74, 6) is -0.651. The minimum atomic E-state index is -0.843. The van der Waals surface area contributed by atoms with Gasteiger partial charge in [-0.3, -0.25) is 9.59 Å². The van der Waals surface area contributed by atoms with Crippen LogP contribution in [0.5, 0.6) is 0 Å². The van der Waals surface area contributed by atoms with E-state index in [1.54, 1.807) is 31.7 Å². The van der Waals surface area contributed by atoms with Gasteiger partial charge in [-0.2, -0.15) is 0 Å². The Morgan fingerprint density at radius 2 is 1.63 bits per heavy atom. The summed E-state index contributed by atoms with van der Waals surface area (Å²) in [6, 6.07) is 5.92. The van der Waals surface area contributed by atoms with Crippen molar-refractivity contribution in [3.8, 4) is 0 Å². The Morgan fingerprint density at radius 1 is 0.976 bits per heavy atom. The van der Waals surface area contributed by atoms with Gasteiger partial charge in [-0.1, -0.05) is 103 Å². The smallest absolute Gasteiger partial charge is 0.408 e. The normalized spacial score (nSPS) is 14.3. The number of amides is 3. The molecule has 0 aliphatic carbocycles. The Kier molecular flexibility index (Phi) is 16.4. The van der Waals surface area contributed by atoms with Crippen LogP contribution < -0.4 is 10.6 Å². The first-order valence-electron chi connectivity index (χ1n) is 15.7. The van der Waals surface area contributed by atoms with Gasteiger partial charge in [-0.05, 0) is 63.6 Å². The molecule has 4 unspecified atom stereocenters. The molecule has 3 amide bonds. The summed E-state index contributed by atoms with van der Waals surface area (Å²) in [7, 11) is 0.